The van der Waals surface area contributed by atoms with Crippen LogP contribution in [0, 0.1) is 0 Å². The van der Waals surface area contributed by atoms with Gasteiger partial charge in [-0.25, -0.2) is 4.79 Å². The highest BCUT2D eigenvalue weighted by Crippen LogP contribution is 2.17. The number of aliphatic hydroxyl groups excluding tert-OH is 1. The Morgan fingerprint density at radius 2 is 2.00 bits per heavy atom. The van der Waals surface area contributed by atoms with Crippen molar-refractivity contribution in [1.29, 1.82) is 0 Å². The molecule has 0 spiro atoms. The van der Waals surface area contributed by atoms with Crippen molar-refractivity contribution in [3.63, 3.8) is 0 Å². The van der Waals surface area contributed by atoms with E-state index in [1.54, 1.807) is 0 Å². The third-order valence-electron chi connectivity index (χ3n) is 2.30. The van der Waals surface area contributed by atoms with E-state index in [1.807, 2.05) is 0 Å². The molecule has 0 saturated carbocycles. The van der Waals surface area contributed by atoms with Crippen LogP contribution in [0.25, 0.3) is 0 Å². The van der Waals surface area contributed by atoms with Gasteiger partial charge in [-0.1, -0.05) is 25.7 Å². The minimum atomic E-state index is -1.17. The van der Waals surface area contributed by atoms with Gasteiger partial charge in [0.1, 0.15) is 6.10 Å². The first kappa shape index (κ1) is 15.4. The zero-order valence-corrected chi connectivity index (χ0v) is 11.4. The number of carbonyl (C=O) groups excluding carboxylic acids is 1. The Hall–Kier alpha value is -0.593. The van der Waals surface area contributed by atoms with E-state index >= 15 is 0 Å². The summed E-state index contributed by atoms with van der Waals surface area (Å²) in [6.07, 6.45) is 0.188. The van der Waals surface area contributed by atoms with E-state index < -0.39 is 14.2 Å². The van der Waals surface area contributed by atoms with Crippen molar-refractivity contribution in [2.24, 2.45) is 11.5 Å². The highest BCUT2D eigenvalue weighted by atomic mass is 28.3. The molecule has 0 bridgehead atoms. The number of rotatable bonds is 7. The van der Waals surface area contributed by atoms with Gasteiger partial charge >= 0.3 is 6.09 Å². The number of amides is 1. The van der Waals surface area contributed by atoms with Crippen LogP contribution in [0.3, 0.4) is 0 Å². The van der Waals surface area contributed by atoms with Gasteiger partial charge in [0.05, 0.1) is 6.61 Å². The Labute approximate surface area is 98.2 Å². The smallest absolute Gasteiger partial charge is 0.404 e. The van der Waals surface area contributed by atoms with Crippen LogP contribution in [0.1, 0.15) is 12.8 Å². The Kier molecular flexibility index (Phi) is 6.62. The molecule has 6 heteroatoms. The van der Waals surface area contributed by atoms with E-state index in [0.717, 1.165) is 12.5 Å². The molecule has 0 aliphatic carbocycles. The lowest BCUT2D eigenvalue weighted by atomic mass is 10.1. The van der Waals surface area contributed by atoms with E-state index in [9.17, 15) is 4.79 Å². The van der Waals surface area contributed by atoms with Gasteiger partial charge in [-0.15, -0.1) is 0 Å². The van der Waals surface area contributed by atoms with Crippen molar-refractivity contribution in [2.45, 2.75) is 50.7 Å². The lowest BCUT2D eigenvalue weighted by Gasteiger charge is -2.23. The fraction of sp³-hybridized carbons (Fsp3) is 0.900. The van der Waals surface area contributed by atoms with Crippen LogP contribution >= 0.6 is 0 Å². The zero-order valence-electron chi connectivity index (χ0n) is 10.4. The summed E-state index contributed by atoms with van der Waals surface area (Å²) in [6.45, 7) is 6.65. The maximum Gasteiger partial charge on any atom is 0.404 e. The molecular weight excluding hydrogens is 224 g/mol. The average molecular weight is 248 g/mol. The first-order valence-electron chi connectivity index (χ1n) is 5.57. The molecular formula is C10H24N2O3Si. The Bertz CT molecular complexity index is 219. The molecule has 0 aliphatic rings. The quantitative estimate of drug-likeness (QED) is 0.583. The Balaban J connectivity index is 4.15. The topological polar surface area (TPSA) is 98.6 Å². The Morgan fingerprint density at radius 1 is 1.44 bits per heavy atom. The van der Waals surface area contributed by atoms with Gasteiger partial charge in [0.25, 0.3) is 0 Å². The van der Waals surface area contributed by atoms with Crippen LogP contribution in [-0.2, 0) is 4.74 Å². The Morgan fingerprint density at radius 3 is 2.38 bits per heavy atom. The SMILES string of the molecule is C[Si](C)(C)CCC(C[C@@H](N)CO)OC(N)=O. The monoisotopic (exact) mass is 248 g/mol. The van der Waals surface area contributed by atoms with Gasteiger partial charge in [-0.2, -0.15) is 0 Å². The van der Waals surface area contributed by atoms with Crippen molar-refractivity contribution >= 4 is 14.2 Å². The number of primary amides is 1. The zero-order chi connectivity index (χ0) is 12.8. The van der Waals surface area contributed by atoms with Gasteiger partial charge < -0.3 is 21.3 Å². The molecule has 5 N–H and O–H groups in total. The van der Waals surface area contributed by atoms with E-state index in [-0.39, 0.29) is 18.8 Å². The summed E-state index contributed by atoms with van der Waals surface area (Å²) in [6, 6.07) is 0.689. The molecule has 2 atom stereocenters. The van der Waals surface area contributed by atoms with E-state index in [4.69, 9.17) is 21.3 Å². The predicted octanol–water partition coefficient (Wildman–Crippen LogP) is 0.888. The highest BCUT2D eigenvalue weighted by molar-refractivity contribution is 6.76. The predicted molar refractivity (Wildman–Crippen MR) is 66.9 cm³/mol. The third kappa shape index (κ3) is 8.69. The molecule has 96 valence electrons. The maximum atomic E-state index is 10.7. The van der Waals surface area contributed by atoms with Gasteiger partial charge in [0.15, 0.2) is 0 Å². The fourth-order valence-corrected chi connectivity index (χ4v) is 2.58. The first-order valence-corrected chi connectivity index (χ1v) is 9.28. The fourth-order valence-electron chi connectivity index (χ4n) is 1.40. The molecule has 0 aromatic heterocycles. The van der Waals surface area contributed by atoms with Crippen LogP contribution in [0.15, 0.2) is 0 Å². The first-order chi connectivity index (χ1) is 7.24. The molecule has 0 aromatic rings. The van der Waals surface area contributed by atoms with Crippen LogP contribution < -0.4 is 11.5 Å². The summed E-state index contributed by atoms with van der Waals surface area (Å²) in [4.78, 5) is 10.7. The number of aliphatic hydroxyl groups is 1. The van der Waals surface area contributed by atoms with Crippen LogP contribution in [-0.4, -0.2) is 38.0 Å². The second-order valence-corrected chi connectivity index (χ2v) is 11.0. The number of ether oxygens (including phenoxy) is 1. The van der Waals surface area contributed by atoms with Gasteiger partial charge in [-0.3, -0.25) is 0 Å². The van der Waals surface area contributed by atoms with E-state index in [1.165, 1.54) is 0 Å². The van der Waals surface area contributed by atoms with Gasteiger partial charge in [-0.05, 0) is 6.42 Å². The summed E-state index contributed by atoms with van der Waals surface area (Å²) < 4.78 is 4.99. The molecule has 5 nitrogen and oxygen atoms in total. The average Bonchev–Trinajstić information content (AvgIpc) is 2.12. The summed E-state index contributed by atoms with van der Waals surface area (Å²) in [5.74, 6) is 0. The number of nitrogens with two attached hydrogens (primary N) is 2. The molecule has 0 rings (SSSR count). The minimum Gasteiger partial charge on any atom is -0.446 e. The summed E-state index contributed by atoms with van der Waals surface area (Å²) in [5.41, 5.74) is 10.6. The highest BCUT2D eigenvalue weighted by Gasteiger charge is 2.20. The van der Waals surface area contributed by atoms with E-state index in [0.29, 0.717) is 6.42 Å². The van der Waals surface area contributed by atoms with Crippen molar-refractivity contribution in [1.82, 2.24) is 0 Å². The molecule has 0 radical (unpaired) electrons. The minimum absolute atomic E-state index is 0.106. The molecule has 0 aromatic carbocycles. The lowest BCUT2D eigenvalue weighted by Crippen LogP contribution is -2.34. The molecule has 1 amide bonds. The summed E-state index contributed by atoms with van der Waals surface area (Å²) in [7, 11) is -1.17. The van der Waals surface area contributed by atoms with Gasteiger partial charge in [0.2, 0.25) is 0 Å². The molecule has 0 heterocycles. The van der Waals surface area contributed by atoms with Gasteiger partial charge in [0, 0.05) is 20.5 Å². The van der Waals surface area contributed by atoms with E-state index in [2.05, 4.69) is 19.6 Å². The molecule has 1 unspecified atom stereocenters. The lowest BCUT2D eigenvalue weighted by molar-refractivity contribution is 0.0882. The second kappa shape index (κ2) is 6.88. The normalized spacial score (nSPS) is 15.6. The number of carbonyl (C=O) groups is 1. The maximum absolute atomic E-state index is 10.7. The van der Waals surface area contributed by atoms with Crippen molar-refractivity contribution in [3.05, 3.63) is 0 Å². The summed E-state index contributed by atoms with van der Waals surface area (Å²) >= 11 is 0. The standard InChI is InChI=1S/C10H24N2O3Si/c1-16(2,3)5-4-9(15-10(12)14)6-8(11)7-13/h8-9,13H,4-7,11H2,1-3H3,(H2,12,14)/t8-,9?/m1/s1. The molecule has 0 saturated heterocycles. The second-order valence-electron chi connectivity index (χ2n) is 5.34. The largest absolute Gasteiger partial charge is 0.446 e. The van der Waals surface area contributed by atoms with Crippen molar-refractivity contribution in [3.8, 4) is 0 Å². The van der Waals surface area contributed by atoms with Crippen LogP contribution in [0.2, 0.25) is 25.7 Å². The van der Waals surface area contributed by atoms with Crippen molar-refractivity contribution in [2.75, 3.05) is 6.61 Å². The third-order valence-corrected chi connectivity index (χ3v) is 4.09. The van der Waals surface area contributed by atoms with Crippen LogP contribution in [0.4, 0.5) is 4.79 Å². The number of hydrogen-bond donors (Lipinski definition) is 3. The molecule has 0 aliphatic heterocycles. The molecule has 16 heavy (non-hydrogen) atoms. The molecule has 0 fully saturated rings. The van der Waals surface area contributed by atoms with Crippen LogP contribution in [0.5, 0.6) is 0 Å². The van der Waals surface area contributed by atoms with Crippen molar-refractivity contribution < 1.29 is 14.6 Å². The number of hydrogen-bond acceptors (Lipinski definition) is 4. The summed E-state index contributed by atoms with van der Waals surface area (Å²) in [5, 5.41) is 8.86.